The number of nitro groups is 1. The smallest absolute Gasteiger partial charge is 0.311 e. The Morgan fingerprint density at radius 3 is 2.73 bits per heavy atom. The number of carbonyl (C=O) groups is 1. The summed E-state index contributed by atoms with van der Waals surface area (Å²) < 4.78 is 35.0. The number of furan rings is 1. The largest absolute Gasteiger partial charge is 0.479 e. The third-order valence-corrected chi connectivity index (χ3v) is 6.62. The van der Waals surface area contributed by atoms with E-state index in [0.29, 0.717) is 16.0 Å². The molecule has 0 aliphatic rings. The molecule has 0 unspecified atom stereocenters. The fourth-order valence-corrected chi connectivity index (χ4v) is 4.59. The molecule has 33 heavy (non-hydrogen) atoms. The number of aromatic nitrogens is 1. The van der Waals surface area contributed by atoms with Crippen molar-refractivity contribution in [1.29, 1.82) is 0 Å². The van der Waals surface area contributed by atoms with Crippen molar-refractivity contribution in [3.8, 4) is 5.75 Å². The average Bonchev–Trinajstić information content (AvgIpc) is 3.38. The van der Waals surface area contributed by atoms with Crippen LogP contribution in [0.15, 0.2) is 57.8 Å². The summed E-state index contributed by atoms with van der Waals surface area (Å²) in [5, 5.41) is 14.1. The monoisotopic (exact) mass is 487 g/mol. The maximum Gasteiger partial charge on any atom is 0.311 e. The number of aryl methyl sites for hydroxylation is 1. The van der Waals surface area contributed by atoms with E-state index in [4.69, 9.17) is 9.15 Å². The second kappa shape index (κ2) is 8.64. The van der Waals surface area contributed by atoms with Gasteiger partial charge in [-0.3, -0.25) is 20.2 Å². The molecule has 0 bridgehead atoms. The number of sulfone groups is 1. The van der Waals surface area contributed by atoms with Crippen molar-refractivity contribution < 1.29 is 27.3 Å². The van der Waals surface area contributed by atoms with Crippen LogP contribution in [0.25, 0.3) is 10.2 Å². The molecule has 1 amide bonds. The zero-order valence-corrected chi connectivity index (χ0v) is 19.0. The van der Waals surface area contributed by atoms with Crippen molar-refractivity contribution >= 4 is 48.1 Å². The lowest BCUT2D eigenvalue weighted by atomic mass is 10.2. The Hall–Kier alpha value is -3.77. The minimum Gasteiger partial charge on any atom is -0.479 e. The number of benzene rings is 2. The summed E-state index contributed by atoms with van der Waals surface area (Å²) in [5.74, 6) is -0.152. The van der Waals surface area contributed by atoms with Gasteiger partial charge in [-0.2, -0.15) is 0 Å². The Labute approximate surface area is 191 Å². The standard InChI is InChI=1S/C21H17N3O7S2/c1-12-3-7-17(16(9-12)24(26)27)30-11-13-4-8-18(31-13)20(25)23-21-22-15-6-5-14(33(2,28)29)10-19(15)32-21/h3-10H,11H2,1-2H3,(H,22,23,25). The predicted octanol–water partition coefficient (Wildman–Crippen LogP) is 4.34. The molecule has 0 aliphatic heterocycles. The van der Waals surface area contributed by atoms with Gasteiger partial charge in [-0.1, -0.05) is 17.4 Å². The van der Waals surface area contributed by atoms with Crippen LogP contribution < -0.4 is 10.1 Å². The molecule has 0 aliphatic carbocycles. The molecular formula is C21H17N3O7S2. The van der Waals surface area contributed by atoms with Crippen LogP contribution in [0.2, 0.25) is 0 Å². The molecule has 2 aromatic carbocycles. The maximum absolute atomic E-state index is 12.5. The van der Waals surface area contributed by atoms with Gasteiger partial charge in [0.2, 0.25) is 0 Å². The van der Waals surface area contributed by atoms with Gasteiger partial charge in [0.1, 0.15) is 12.4 Å². The molecule has 12 heteroatoms. The molecule has 1 N–H and O–H groups in total. The summed E-state index contributed by atoms with van der Waals surface area (Å²) in [6.45, 7) is 1.64. The fourth-order valence-electron chi connectivity index (χ4n) is 2.97. The highest BCUT2D eigenvalue weighted by Crippen LogP contribution is 2.30. The van der Waals surface area contributed by atoms with Crippen molar-refractivity contribution in [2.24, 2.45) is 0 Å². The third kappa shape index (κ3) is 5.02. The summed E-state index contributed by atoms with van der Waals surface area (Å²) in [4.78, 5) is 27.6. The summed E-state index contributed by atoms with van der Waals surface area (Å²) >= 11 is 1.13. The summed E-state index contributed by atoms with van der Waals surface area (Å²) in [6, 6.07) is 12.1. The van der Waals surface area contributed by atoms with Crippen molar-refractivity contribution in [2.45, 2.75) is 18.4 Å². The average molecular weight is 488 g/mol. The number of nitrogens with zero attached hydrogens (tertiary/aromatic N) is 2. The lowest BCUT2D eigenvalue weighted by molar-refractivity contribution is -0.386. The summed E-state index contributed by atoms with van der Waals surface area (Å²) in [7, 11) is -3.36. The number of thiazole rings is 1. The topological polar surface area (TPSA) is 142 Å². The summed E-state index contributed by atoms with van der Waals surface area (Å²) in [5.41, 5.74) is 1.12. The SMILES string of the molecule is Cc1ccc(OCc2ccc(C(=O)Nc3nc4ccc(S(C)(=O)=O)cc4s3)o2)c([N+](=O)[O-])c1. The number of fused-ring (bicyclic) bond motifs is 1. The zero-order chi connectivity index (χ0) is 23.8. The van der Waals surface area contributed by atoms with Crippen LogP contribution in [0.4, 0.5) is 10.8 Å². The van der Waals surface area contributed by atoms with E-state index in [1.54, 1.807) is 19.1 Å². The van der Waals surface area contributed by atoms with Crippen LogP contribution in [0.1, 0.15) is 21.9 Å². The molecule has 0 spiro atoms. The maximum atomic E-state index is 12.5. The highest BCUT2D eigenvalue weighted by molar-refractivity contribution is 7.90. The molecule has 4 aromatic rings. The number of ether oxygens (including phenoxy) is 1. The van der Waals surface area contributed by atoms with E-state index < -0.39 is 20.7 Å². The Balaban J connectivity index is 1.45. The molecule has 0 saturated carbocycles. The minimum atomic E-state index is -3.36. The second-order valence-corrected chi connectivity index (χ2v) is 10.2. The first kappa shape index (κ1) is 22.4. The lowest BCUT2D eigenvalue weighted by Gasteiger charge is -2.05. The number of hydrogen-bond acceptors (Lipinski definition) is 9. The Morgan fingerprint density at radius 2 is 2.00 bits per heavy atom. The van der Waals surface area contributed by atoms with Gasteiger partial charge in [-0.05, 0) is 48.9 Å². The molecule has 10 nitrogen and oxygen atoms in total. The van der Waals surface area contributed by atoms with Crippen molar-refractivity contribution in [3.05, 3.63) is 75.7 Å². The summed E-state index contributed by atoms with van der Waals surface area (Å²) in [6.07, 6.45) is 1.12. The molecule has 0 saturated heterocycles. The number of anilines is 1. The van der Waals surface area contributed by atoms with E-state index in [1.807, 2.05) is 0 Å². The molecule has 0 fully saturated rings. The van der Waals surface area contributed by atoms with Crippen LogP contribution >= 0.6 is 11.3 Å². The number of hydrogen-bond donors (Lipinski definition) is 1. The van der Waals surface area contributed by atoms with E-state index in [0.717, 1.165) is 23.2 Å². The number of amides is 1. The van der Waals surface area contributed by atoms with E-state index in [1.165, 1.54) is 36.4 Å². The predicted molar refractivity (Wildman–Crippen MR) is 122 cm³/mol. The molecule has 2 aromatic heterocycles. The third-order valence-electron chi connectivity index (χ3n) is 4.58. The van der Waals surface area contributed by atoms with Gasteiger partial charge >= 0.3 is 5.69 Å². The van der Waals surface area contributed by atoms with Gasteiger partial charge in [-0.25, -0.2) is 13.4 Å². The molecule has 2 heterocycles. The molecular weight excluding hydrogens is 470 g/mol. The molecule has 0 radical (unpaired) electrons. The van der Waals surface area contributed by atoms with Crippen LogP contribution in [0, 0.1) is 17.0 Å². The van der Waals surface area contributed by atoms with Crippen LogP contribution in [0.3, 0.4) is 0 Å². The van der Waals surface area contributed by atoms with Crippen LogP contribution in [-0.4, -0.2) is 30.5 Å². The minimum absolute atomic E-state index is 0.00286. The molecule has 170 valence electrons. The number of nitrogens with one attached hydrogen (secondary N) is 1. The number of rotatable bonds is 7. The first-order chi connectivity index (χ1) is 15.6. The van der Waals surface area contributed by atoms with Gasteiger partial charge < -0.3 is 9.15 Å². The second-order valence-electron chi connectivity index (χ2n) is 7.16. The van der Waals surface area contributed by atoms with Gasteiger partial charge in [0.15, 0.2) is 26.5 Å². The zero-order valence-electron chi connectivity index (χ0n) is 17.4. The Morgan fingerprint density at radius 1 is 1.21 bits per heavy atom. The van der Waals surface area contributed by atoms with Crippen molar-refractivity contribution in [1.82, 2.24) is 4.98 Å². The number of carbonyl (C=O) groups excluding carboxylic acids is 1. The van der Waals surface area contributed by atoms with E-state index in [2.05, 4.69) is 10.3 Å². The molecule has 0 atom stereocenters. The quantitative estimate of drug-likeness (QED) is 0.300. The van der Waals surface area contributed by atoms with Gasteiger partial charge in [-0.15, -0.1) is 0 Å². The van der Waals surface area contributed by atoms with Gasteiger partial charge in [0, 0.05) is 12.3 Å². The highest BCUT2D eigenvalue weighted by Gasteiger charge is 2.18. The normalized spacial score (nSPS) is 11.5. The van der Waals surface area contributed by atoms with E-state index in [-0.39, 0.29) is 33.8 Å². The van der Waals surface area contributed by atoms with Gasteiger partial charge in [0.05, 0.1) is 20.0 Å². The first-order valence-electron chi connectivity index (χ1n) is 9.49. The van der Waals surface area contributed by atoms with E-state index in [9.17, 15) is 23.3 Å². The molecule has 4 rings (SSSR count). The Bertz CT molecular complexity index is 1490. The Kier molecular flexibility index (Phi) is 5.87. The highest BCUT2D eigenvalue weighted by atomic mass is 32.2. The van der Waals surface area contributed by atoms with Crippen LogP contribution in [0.5, 0.6) is 5.75 Å². The lowest BCUT2D eigenvalue weighted by Crippen LogP contribution is -2.10. The van der Waals surface area contributed by atoms with Crippen molar-refractivity contribution in [3.63, 3.8) is 0 Å². The first-order valence-corrected chi connectivity index (χ1v) is 12.2. The van der Waals surface area contributed by atoms with Crippen LogP contribution in [-0.2, 0) is 16.4 Å². The fraction of sp³-hybridized carbons (Fsp3) is 0.143. The van der Waals surface area contributed by atoms with Crippen molar-refractivity contribution in [2.75, 3.05) is 11.6 Å². The van der Waals surface area contributed by atoms with E-state index >= 15 is 0 Å². The number of nitro benzene ring substituents is 1. The van der Waals surface area contributed by atoms with Gasteiger partial charge in [0.25, 0.3) is 5.91 Å².